The lowest BCUT2D eigenvalue weighted by Crippen LogP contribution is -2.33. The maximum absolute atomic E-state index is 12.7. The number of hydrogen-bond acceptors (Lipinski definition) is 12. The van der Waals surface area contributed by atoms with Gasteiger partial charge in [0.25, 0.3) is 11.1 Å². The summed E-state index contributed by atoms with van der Waals surface area (Å²) in [7, 11) is -5.93. The lowest BCUT2D eigenvalue weighted by molar-refractivity contribution is -0.0483. The van der Waals surface area contributed by atoms with Crippen molar-refractivity contribution in [3.05, 3.63) is 65.2 Å². The van der Waals surface area contributed by atoms with E-state index in [4.69, 9.17) is 23.0 Å². The van der Waals surface area contributed by atoms with Gasteiger partial charge in [-0.05, 0) is 13.8 Å². The molecule has 16 nitrogen and oxygen atoms in total. The zero-order valence-electron chi connectivity index (χ0n) is 20.7. The van der Waals surface area contributed by atoms with Crippen LogP contribution in [-0.2, 0) is 32.2 Å². The Kier molecular flexibility index (Phi) is 9.68. The van der Waals surface area contributed by atoms with Gasteiger partial charge < -0.3 is 28.2 Å². The number of rotatable bonds is 10. The van der Waals surface area contributed by atoms with Crippen LogP contribution in [0.3, 0.4) is 0 Å². The highest BCUT2D eigenvalue weighted by atomic mass is 32.7. The highest BCUT2D eigenvalue weighted by molar-refractivity contribution is 8.39. The van der Waals surface area contributed by atoms with Crippen LogP contribution in [0.2, 0.25) is 0 Å². The number of ether oxygens (including phenoxy) is 2. The average Bonchev–Trinajstić information content (AvgIpc) is 3.45. The second-order valence-corrected chi connectivity index (χ2v) is 11.9. The smallest absolute Gasteiger partial charge is 0.330 e. The Morgan fingerprint density at radius 2 is 1.41 bits per heavy atom. The van der Waals surface area contributed by atoms with E-state index in [2.05, 4.69) is 22.2 Å². The summed E-state index contributed by atoms with van der Waals surface area (Å²) in [6.07, 6.45) is -2.66. The fourth-order valence-corrected chi connectivity index (χ4v) is 6.12. The van der Waals surface area contributed by atoms with Crippen LogP contribution >= 0.6 is 27.7 Å². The van der Waals surface area contributed by atoms with E-state index >= 15 is 0 Å². The molecule has 0 saturated carbocycles. The topological polar surface area (TPSA) is 210 Å². The molecule has 0 bridgehead atoms. The van der Waals surface area contributed by atoms with Crippen LogP contribution in [0, 0.1) is 13.8 Å². The van der Waals surface area contributed by atoms with Gasteiger partial charge in [0.05, 0.1) is 25.4 Å². The molecule has 2 aromatic rings. The number of nitrogens with zero attached hydrogens (tertiary/aromatic N) is 2. The summed E-state index contributed by atoms with van der Waals surface area (Å²) in [5, 5.41) is 9.70. The van der Waals surface area contributed by atoms with Crippen molar-refractivity contribution in [3.8, 4) is 0 Å². The van der Waals surface area contributed by atoms with Gasteiger partial charge in [0, 0.05) is 36.4 Å². The van der Waals surface area contributed by atoms with Crippen molar-refractivity contribution in [2.75, 3.05) is 13.2 Å². The van der Waals surface area contributed by atoms with Gasteiger partial charge in [-0.15, -0.1) is 0 Å². The van der Waals surface area contributed by atoms with Crippen molar-refractivity contribution in [2.45, 2.75) is 63.6 Å². The third-order valence-electron chi connectivity index (χ3n) is 6.32. The van der Waals surface area contributed by atoms with Crippen LogP contribution in [0.15, 0.2) is 31.6 Å². The van der Waals surface area contributed by atoms with E-state index in [9.17, 15) is 33.4 Å². The Hall–Kier alpha value is -2.07. The quantitative estimate of drug-likeness (QED) is 0.203. The molecule has 6 unspecified atom stereocenters. The molecule has 3 N–H and O–H groups in total. The predicted molar refractivity (Wildman–Crippen MR) is 139 cm³/mol. The van der Waals surface area contributed by atoms with Crippen LogP contribution in [0.4, 0.5) is 0 Å². The van der Waals surface area contributed by atoms with Gasteiger partial charge >= 0.3 is 19.6 Å². The molecule has 0 spiro atoms. The highest BCUT2D eigenvalue weighted by Crippen LogP contribution is 2.41. The number of nitrogens with one attached hydrogen (secondary N) is 2. The normalized spacial score (nSPS) is 28.5. The van der Waals surface area contributed by atoms with Crippen LogP contribution in [-0.4, -0.2) is 61.8 Å². The third-order valence-corrected chi connectivity index (χ3v) is 8.04. The molecule has 2 fully saturated rings. The molecule has 0 aromatic carbocycles. The number of aromatic nitrogens is 4. The highest BCUT2D eigenvalue weighted by Gasteiger charge is 2.41. The van der Waals surface area contributed by atoms with Crippen molar-refractivity contribution in [3.63, 3.8) is 0 Å². The number of aromatic amines is 2. The first-order valence-corrected chi connectivity index (χ1v) is 15.6. The third kappa shape index (κ3) is 6.99. The molecule has 2 aliphatic heterocycles. The van der Waals surface area contributed by atoms with E-state index in [0.29, 0.717) is 0 Å². The molecule has 2 aliphatic rings. The zero-order valence-corrected chi connectivity index (χ0v) is 23.6. The largest absolute Gasteiger partial charge is 0.394 e. The van der Waals surface area contributed by atoms with Gasteiger partial charge in [0.2, 0.25) is 7.23 Å². The molecule has 19 heteroatoms. The van der Waals surface area contributed by atoms with E-state index in [1.165, 1.54) is 26.2 Å². The summed E-state index contributed by atoms with van der Waals surface area (Å²) < 4.78 is 54.3. The summed E-state index contributed by atoms with van der Waals surface area (Å²) in [6.45, 7) is 2.19. The van der Waals surface area contributed by atoms with Gasteiger partial charge in [0.1, 0.15) is 24.7 Å². The summed E-state index contributed by atoms with van der Waals surface area (Å²) in [6, 6.07) is 0. The minimum atomic E-state index is -3.21. The van der Waals surface area contributed by atoms with Gasteiger partial charge in [-0.2, -0.15) is 0 Å². The molecule has 2 aromatic heterocycles. The molecule has 8 atom stereocenters. The van der Waals surface area contributed by atoms with Crippen molar-refractivity contribution in [1.29, 1.82) is 0 Å². The minimum Gasteiger partial charge on any atom is -0.394 e. The molecule has 39 heavy (non-hydrogen) atoms. The van der Waals surface area contributed by atoms with Gasteiger partial charge in [-0.3, -0.25) is 37.8 Å². The molecule has 0 aliphatic carbocycles. The van der Waals surface area contributed by atoms with Crippen molar-refractivity contribution in [2.24, 2.45) is 0 Å². The Bertz CT molecular complexity index is 1490. The fraction of sp³-hybridized carbons (Fsp3) is 0.600. The number of H-pyrrole nitrogens is 2. The summed E-state index contributed by atoms with van der Waals surface area (Å²) in [5.74, 6) is 0. The van der Waals surface area contributed by atoms with Crippen molar-refractivity contribution < 1.29 is 37.3 Å². The number of hydrogen-bond donors (Lipinski definition) is 4. The van der Waals surface area contributed by atoms with E-state index in [-0.39, 0.29) is 30.6 Å². The molecular weight excluding hydrogens is 582 g/mol. The summed E-state index contributed by atoms with van der Waals surface area (Å²) in [4.78, 5) is 52.1. The molecule has 4 heterocycles. The standard InChI is InChI=1S/C20H28N4O12P2S/c1-9-5-23(19(28)21-17(9)26)15-3-11(13(7-25)33-15)35-37(30)32-8-14-12(36-38(31)39)4-16(34-14)24-6-10(2)18(27)22-20(24)29/h5-6,11-16,25,37-38H,3-4,7-8H2,1-2H3,(H,31,39)(H,21,26,28)(H,22,27,29)/t11-,12-,13?,14?,15?,16?/m0/s1. The maximum Gasteiger partial charge on any atom is 0.330 e. The molecule has 0 amide bonds. The van der Waals surface area contributed by atoms with E-state index in [1.807, 2.05) is 0 Å². The molecule has 4 rings (SSSR count). The Balaban J connectivity index is 1.40. The van der Waals surface area contributed by atoms with Crippen LogP contribution in [0.25, 0.3) is 0 Å². The lowest BCUT2D eigenvalue weighted by Gasteiger charge is -2.19. The lowest BCUT2D eigenvalue weighted by atomic mass is 10.2. The van der Waals surface area contributed by atoms with Crippen LogP contribution in [0.1, 0.15) is 36.4 Å². The Morgan fingerprint density at radius 1 is 0.923 bits per heavy atom. The van der Waals surface area contributed by atoms with Crippen LogP contribution in [0.5, 0.6) is 0 Å². The van der Waals surface area contributed by atoms with E-state index in [1.54, 1.807) is 0 Å². The first-order valence-electron chi connectivity index (χ1n) is 11.8. The van der Waals surface area contributed by atoms with E-state index in [0.717, 1.165) is 9.13 Å². The number of aliphatic hydroxyl groups is 1. The second-order valence-electron chi connectivity index (χ2n) is 9.01. The van der Waals surface area contributed by atoms with Gasteiger partial charge in [0.15, 0.2) is 0 Å². The van der Waals surface area contributed by atoms with Crippen LogP contribution < -0.4 is 22.5 Å². The molecule has 2 saturated heterocycles. The number of aryl methyl sites for hydroxylation is 2. The number of aliphatic hydroxyl groups excluding tert-OH is 1. The molecule has 0 radical (unpaired) electrons. The average molecular weight is 610 g/mol. The molecular formula is C20H28N4O12P2S. The minimum absolute atomic E-state index is 0.0280. The summed E-state index contributed by atoms with van der Waals surface area (Å²) in [5.41, 5.74) is -1.97. The predicted octanol–water partition coefficient (Wildman–Crippen LogP) is -0.233. The fourth-order valence-electron chi connectivity index (χ4n) is 4.34. The van der Waals surface area contributed by atoms with Gasteiger partial charge in [-0.1, -0.05) is 12.2 Å². The SMILES string of the molecule is Cc1cn(C2C[C@H](O[PH](=O)S)C(CO[PH](=O)O[C@H]3CC(n4cc(C)c(=O)[nH]c4=O)OC3CO)O2)c(=O)[nH]c1=O. The second kappa shape index (κ2) is 12.6. The van der Waals surface area contributed by atoms with Gasteiger partial charge in [-0.25, -0.2) is 9.59 Å². The number of thiol groups is 1. The summed E-state index contributed by atoms with van der Waals surface area (Å²) >= 11 is 3.80. The molecule has 216 valence electrons. The Labute approximate surface area is 226 Å². The van der Waals surface area contributed by atoms with E-state index < -0.39 is 81.5 Å². The maximum atomic E-state index is 12.7. The zero-order chi connectivity index (χ0) is 28.4. The first kappa shape index (κ1) is 29.9. The van der Waals surface area contributed by atoms with Crippen molar-refractivity contribution in [1.82, 2.24) is 19.1 Å². The monoisotopic (exact) mass is 610 g/mol. The van der Waals surface area contributed by atoms with Crippen molar-refractivity contribution >= 4 is 27.7 Å². The first-order chi connectivity index (χ1) is 18.5. The Morgan fingerprint density at radius 3 is 1.90 bits per heavy atom.